The Morgan fingerprint density at radius 1 is 1.31 bits per heavy atom. The first-order valence-corrected chi connectivity index (χ1v) is 5.14. The lowest BCUT2D eigenvalue weighted by molar-refractivity contribution is 0.415. The Kier molecular flexibility index (Phi) is 2.81. The van der Waals surface area contributed by atoms with Crippen LogP contribution in [0, 0.1) is 0 Å². The highest BCUT2D eigenvalue weighted by Crippen LogP contribution is 2.28. The number of aromatic nitrogens is 1. The summed E-state index contributed by atoms with van der Waals surface area (Å²) in [6.45, 7) is 2.02. The number of hydrogen-bond acceptors (Lipinski definition) is 4. The molecule has 1 heterocycles. The summed E-state index contributed by atoms with van der Waals surface area (Å²) < 4.78 is 10.1. The zero-order valence-corrected chi connectivity index (χ0v) is 9.36. The van der Waals surface area contributed by atoms with Gasteiger partial charge in [-0.1, -0.05) is 12.1 Å². The van der Waals surface area contributed by atoms with Crippen molar-refractivity contribution in [3.63, 3.8) is 0 Å². The van der Waals surface area contributed by atoms with E-state index in [-0.39, 0.29) is 0 Å². The van der Waals surface area contributed by atoms with E-state index < -0.39 is 0 Å². The summed E-state index contributed by atoms with van der Waals surface area (Å²) >= 11 is 0. The molecule has 84 valence electrons. The molecule has 0 atom stereocenters. The minimum Gasteiger partial charge on any atom is -0.497 e. The van der Waals surface area contributed by atoms with Gasteiger partial charge in [0.15, 0.2) is 0 Å². The molecule has 2 rings (SSSR count). The minimum atomic E-state index is 0.397. The molecule has 0 saturated carbocycles. The van der Waals surface area contributed by atoms with Gasteiger partial charge in [0, 0.05) is 11.1 Å². The highest BCUT2D eigenvalue weighted by Gasteiger charge is 2.13. The van der Waals surface area contributed by atoms with Crippen LogP contribution in [0.5, 0.6) is 5.75 Å². The van der Waals surface area contributed by atoms with Crippen molar-refractivity contribution in [3.05, 3.63) is 29.8 Å². The molecule has 1 aromatic carbocycles. The Morgan fingerprint density at radius 2 is 2.00 bits per heavy atom. The molecule has 2 N–H and O–H groups in total. The molecule has 16 heavy (non-hydrogen) atoms. The van der Waals surface area contributed by atoms with E-state index in [1.165, 1.54) is 0 Å². The molecule has 4 nitrogen and oxygen atoms in total. The van der Waals surface area contributed by atoms with Crippen LogP contribution in [0.4, 0.5) is 5.88 Å². The molecular weight excluding hydrogens is 204 g/mol. The van der Waals surface area contributed by atoms with E-state index in [1.54, 1.807) is 7.11 Å². The van der Waals surface area contributed by atoms with Crippen molar-refractivity contribution in [1.29, 1.82) is 0 Å². The predicted molar refractivity (Wildman–Crippen MR) is 62.3 cm³/mol. The number of hydrogen-bond donors (Lipinski definition) is 1. The third-order valence-electron chi connectivity index (χ3n) is 2.54. The van der Waals surface area contributed by atoms with E-state index in [1.807, 2.05) is 31.2 Å². The van der Waals surface area contributed by atoms with Gasteiger partial charge >= 0.3 is 0 Å². The maximum Gasteiger partial charge on any atom is 0.225 e. The summed E-state index contributed by atoms with van der Waals surface area (Å²) in [6.07, 6.45) is 0.802. The van der Waals surface area contributed by atoms with Crippen molar-refractivity contribution in [1.82, 2.24) is 5.16 Å². The van der Waals surface area contributed by atoms with Crippen molar-refractivity contribution in [2.75, 3.05) is 12.8 Å². The number of methoxy groups -OCH3 is 1. The maximum absolute atomic E-state index is 5.69. The standard InChI is InChI=1S/C12H14N2O2/c1-3-10-11(14-16-12(10)13)8-4-6-9(15-2)7-5-8/h4-7H,3,13H2,1-2H3. The molecular formula is C12H14N2O2. The summed E-state index contributed by atoms with van der Waals surface area (Å²) in [5.41, 5.74) is 8.43. The molecule has 0 radical (unpaired) electrons. The van der Waals surface area contributed by atoms with Crippen LogP contribution >= 0.6 is 0 Å². The van der Waals surface area contributed by atoms with E-state index in [4.69, 9.17) is 15.0 Å². The lowest BCUT2D eigenvalue weighted by atomic mass is 10.1. The number of anilines is 1. The second-order valence-corrected chi connectivity index (χ2v) is 3.46. The zero-order chi connectivity index (χ0) is 11.5. The third-order valence-corrected chi connectivity index (χ3v) is 2.54. The topological polar surface area (TPSA) is 61.3 Å². The fourth-order valence-corrected chi connectivity index (χ4v) is 1.64. The van der Waals surface area contributed by atoms with Gasteiger partial charge in [-0.05, 0) is 30.7 Å². The van der Waals surface area contributed by atoms with E-state index in [9.17, 15) is 0 Å². The Bertz CT molecular complexity index is 474. The van der Waals surface area contributed by atoms with Crippen LogP contribution < -0.4 is 10.5 Å². The monoisotopic (exact) mass is 218 g/mol. The Morgan fingerprint density at radius 3 is 2.56 bits per heavy atom. The summed E-state index contributed by atoms with van der Waals surface area (Å²) in [5.74, 6) is 1.21. The molecule has 0 aliphatic rings. The Balaban J connectivity index is 2.42. The van der Waals surface area contributed by atoms with E-state index in [2.05, 4.69) is 5.16 Å². The molecule has 2 aromatic rings. The van der Waals surface area contributed by atoms with Crippen molar-refractivity contribution < 1.29 is 9.26 Å². The second kappa shape index (κ2) is 4.26. The van der Waals surface area contributed by atoms with Crippen LogP contribution in [0.1, 0.15) is 12.5 Å². The average molecular weight is 218 g/mol. The molecule has 4 heteroatoms. The first kappa shape index (κ1) is 10.5. The van der Waals surface area contributed by atoms with Gasteiger partial charge in [-0.25, -0.2) is 0 Å². The van der Waals surface area contributed by atoms with Gasteiger partial charge in [0.1, 0.15) is 11.4 Å². The molecule has 0 amide bonds. The summed E-state index contributed by atoms with van der Waals surface area (Å²) in [6, 6.07) is 7.66. The molecule has 0 saturated heterocycles. The lowest BCUT2D eigenvalue weighted by Gasteiger charge is -2.01. The lowest BCUT2D eigenvalue weighted by Crippen LogP contribution is -1.90. The predicted octanol–water partition coefficient (Wildman–Crippen LogP) is 2.49. The largest absolute Gasteiger partial charge is 0.497 e. The number of rotatable bonds is 3. The third kappa shape index (κ3) is 1.74. The first-order valence-electron chi connectivity index (χ1n) is 5.14. The maximum atomic E-state index is 5.69. The zero-order valence-electron chi connectivity index (χ0n) is 9.36. The number of nitrogens with zero attached hydrogens (tertiary/aromatic N) is 1. The Labute approximate surface area is 94.0 Å². The Hall–Kier alpha value is -1.97. The van der Waals surface area contributed by atoms with Crippen LogP contribution in [0.3, 0.4) is 0 Å². The second-order valence-electron chi connectivity index (χ2n) is 3.46. The molecule has 0 unspecified atom stereocenters. The number of nitrogens with two attached hydrogens (primary N) is 1. The highest BCUT2D eigenvalue weighted by molar-refractivity contribution is 5.67. The van der Waals surface area contributed by atoms with E-state index in [0.717, 1.165) is 29.0 Å². The first-order chi connectivity index (χ1) is 7.76. The van der Waals surface area contributed by atoms with Gasteiger partial charge in [0.2, 0.25) is 5.88 Å². The summed E-state index contributed by atoms with van der Waals surface area (Å²) in [5, 5.41) is 3.97. The molecule has 1 aromatic heterocycles. The van der Waals surface area contributed by atoms with Crippen molar-refractivity contribution in [2.24, 2.45) is 0 Å². The van der Waals surface area contributed by atoms with Gasteiger partial charge in [0.25, 0.3) is 0 Å². The van der Waals surface area contributed by atoms with Gasteiger partial charge in [-0.15, -0.1) is 0 Å². The van der Waals surface area contributed by atoms with Crippen molar-refractivity contribution in [3.8, 4) is 17.0 Å². The minimum absolute atomic E-state index is 0.397. The fourth-order valence-electron chi connectivity index (χ4n) is 1.64. The fraction of sp³-hybridized carbons (Fsp3) is 0.250. The smallest absolute Gasteiger partial charge is 0.225 e. The van der Waals surface area contributed by atoms with Crippen LogP contribution in [-0.4, -0.2) is 12.3 Å². The number of benzene rings is 1. The molecule has 0 fully saturated rings. The van der Waals surface area contributed by atoms with E-state index in [0.29, 0.717) is 5.88 Å². The highest BCUT2D eigenvalue weighted by atomic mass is 16.5. The normalized spacial score (nSPS) is 10.4. The van der Waals surface area contributed by atoms with Gasteiger partial charge < -0.3 is 15.0 Å². The quantitative estimate of drug-likeness (QED) is 0.859. The van der Waals surface area contributed by atoms with Crippen LogP contribution in [0.15, 0.2) is 28.8 Å². The molecule has 0 bridgehead atoms. The SMILES string of the molecule is CCc1c(-c2ccc(OC)cc2)noc1N. The number of nitrogen functional groups attached to an aromatic ring is 1. The van der Waals surface area contributed by atoms with Crippen molar-refractivity contribution in [2.45, 2.75) is 13.3 Å². The van der Waals surface area contributed by atoms with Gasteiger partial charge in [0.05, 0.1) is 7.11 Å². The number of ether oxygens (including phenoxy) is 1. The van der Waals surface area contributed by atoms with E-state index >= 15 is 0 Å². The van der Waals surface area contributed by atoms with Crippen LogP contribution in [0.25, 0.3) is 11.3 Å². The molecule has 0 aliphatic carbocycles. The summed E-state index contributed by atoms with van der Waals surface area (Å²) in [4.78, 5) is 0. The van der Waals surface area contributed by atoms with Crippen LogP contribution in [0.2, 0.25) is 0 Å². The van der Waals surface area contributed by atoms with Gasteiger partial charge in [-0.3, -0.25) is 0 Å². The molecule has 0 aliphatic heterocycles. The van der Waals surface area contributed by atoms with Crippen LogP contribution in [-0.2, 0) is 6.42 Å². The summed E-state index contributed by atoms with van der Waals surface area (Å²) in [7, 11) is 1.64. The molecule has 0 spiro atoms. The average Bonchev–Trinajstić information content (AvgIpc) is 2.70. The van der Waals surface area contributed by atoms with Crippen molar-refractivity contribution >= 4 is 5.88 Å². The van der Waals surface area contributed by atoms with Gasteiger partial charge in [-0.2, -0.15) is 0 Å².